The number of hydrogen-bond acceptors (Lipinski definition) is 5. The van der Waals surface area contributed by atoms with Crippen LogP contribution in [0.3, 0.4) is 0 Å². The van der Waals surface area contributed by atoms with Crippen molar-refractivity contribution >= 4 is 0 Å². The minimum atomic E-state index is 0.889. The summed E-state index contributed by atoms with van der Waals surface area (Å²) in [6.45, 7) is 11.8. The molecule has 5 nitrogen and oxygen atoms in total. The van der Waals surface area contributed by atoms with E-state index >= 15 is 0 Å². The highest BCUT2D eigenvalue weighted by atomic mass is 16.5. The van der Waals surface area contributed by atoms with E-state index in [0.29, 0.717) is 0 Å². The number of furan rings is 1. The largest absolute Gasteiger partial charge is 0.473 e. The molecule has 0 aliphatic carbocycles. The minimum Gasteiger partial charge on any atom is -0.473 e. The van der Waals surface area contributed by atoms with Crippen molar-refractivity contribution in [3.05, 3.63) is 24.7 Å². The number of rotatable bonds is 0. The van der Waals surface area contributed by atoms with Crippen LogP contribution in [0.5, 0.6) is 0 Å². The van der Waals surface area contributed by atoms with E-state index in [1.165, 1.54) is 38.5 Å². The van der Waals surface area contributed by atoms with Gasteiger partial charge in [0.05, 0.1) is 25.7 Å². The highest BCUT2D eigenvalue weighted by molar-refractivity contribution is 4.79. The van der Waals surface area contributed by atoms with Gasteiger partial charge in [0.1, 0.15) is 0 Å². The van der Waals surface area contributed by atoms with Gasteiger partial charge in [-0.05, 0) is 37.8 Å². The van der Waals surface area contributed by atoms with Crippen molar-refractivity contribution in [3.8, 4) is 0 Å². The Morgan fingerprint density at radius 1 is 0.560 bits per heavy atom. The molecule has 5 heteroatoms. The first kappa shape index (κ1) is 24.1. The van der Waals surface area contributed by atoms with E-state index in [4.69, 9.17) is 14.2 Å². The second-order valence-corrected chi connectivity index (χ2v) is 5.50. The molecular weight excluding hydrogens is 318 g/mol. The number of ether oxygens (including phenoxy) is 3. The normalized spacial score (nSPS) is 19.1. The van der Waals surface area contributed by atoms with Crippen molar-refractivity contribution in [1.82, 2.24) is 5.32 Å². The standard InChI is InChI=1S/C6H12O.C4H9NO.C4H8O.C4H4O.C2H6/c1-2-4-6-7-5-3-1;1-3-6-4-2-5-1;2*1-2-4-5-3-1;1-2/h1-6H2;5H,1-4H2;1-4H2;1-4H;1-2H3. The van der Waals surface area contributed by atoms with Gasteiger partial charge in [0, 0.05) is 39.5 Å². The summed E-state index contributed by atoms with van der Waals surface area (Å²) in [6.07, 6.45) is 11.1. The lowest BCUT2D eigenvalue weighted by Crippen LogP contribution is -2.30. The fourth-order valence-corrected chi connectivity index (χ4v) is 2.12. The van der Waals surface area contributed by atoms with Crippen LogP contribution in [0, 0.1) is 0 Å². The fraction of sp³-hybridized carbons (Fsp3) is 0.800. The van der Waals surface area contributed by atoms with Crippen molar-refractivity contribution in [2.45, 2.75) is 52.4 Å². The SMILES string of the molecule is C1CCCOCC1.C1CCOC1.C1COCCN1.CC.c1ccoc1. The van der Waals surface area contributed by atoms with Gasteiger partial charge in [-0.3, -0.25) is 0 Å². The van der Waals surface area contributed by atoms with Crippen molar-refractivity contribution in [3.63, 3.8) is 0 Å². The molecule has 3 fully saturated rings. The van der Waals surface area contributed by atoms with Gasteiger partial charge in [-0.1, -0.05) is 26.7 Å². The molecule has 0 spiro atoms. The summed E-state index contributed by atoms with van der Waals surface area (Å²) in [5.74, 6) is 0. The molecule has 0 unspecified atom stereocenters. The predicted octanol–water partition coefficient (Wildman–Crippen LogP) is 4.29. The molecule has 25 heavy (non-hydrogen) atoms. The number of nitrogens with one attached hydrogen (secondary N) is 1. The zero-order chi connectivity index (χ0) is 18.3. The number of hydrogen-bond donors (Lipinski definition) is 1. The Hall–Kier alpha value is -0.880. The molecule has 4 rings (SSSR count). The molecule has 0 aromatic carbocycles. The van der Waals surface area contributed by atoms with E-state index < -0.39 is 0 Å². The van der Waals surface area contributed by atoms with Crippen LogP contribution in [0.25, 0.3) is 0 Å². The molecular formula is C20H39NO4. The molecule has 148 valence electrons. The first-order valence-corrected chi connectivity index (χ1v) is 9.91. The Morgan fingerprint density at radius 3 is 1.20 bits per heavy atom. The lowest BCUT2D eigenvalue weighted by molar-refractivity contribution is 0.109. The molecule has 3 aliphatic heterocycles. The fourth-order valence-electron chi connectivity index (χ4n) is 2.12. The van der Waals surface area contributed by atoms with Crippen LogP contribution in [0.15, 0.2) is 29.1 Å². The topological polar surface area (TPSA) is 52.9 Å². The van der Waals surface area contributed by atoms with Gasteiger partial charge < -0.3 is 23.9 Å². The Balaban J connectivity index is 0.000000300. The van der Waals surface area contributed by atoms with E-state index in [0.717, 1.165) is 52.7 Å². The molecule has 3 aliphatic rings. The van der Waals surface area contributed by atoms with Crippen molar-refractivity contribution in [1.29, 1.82) is 0 Å². The monoisotopic (exact) mass is 357 g/mol. The lowest BCUT2D eigenvalue weighted by atomic mass is 10.2. The molecule has 1 aromatic rings. The molecule has 1 aromatic heterocycles. The molecule has 0 radical (unpaired) electrons. The van der Waals surface area contributed by atoms with Crippen LogP contribution in [0.2, 0.25) is 0 Å². The summed E-state index contributed by atoms with van der Waals surface area (Å²) < 4.78 is 19.7. The average molecular weight is 358 g/mol. The molecule has 0 saturated carbocycles. The zero-order valence-corrected chi connectivity index (χ0v) is 16.3. The Bertz CT molecular complexity index is 243. The average Bonchev–Trinajstić information content (AvgIpc) is 3.42. The Labute approximate surface area is 154 Å². The highest BCUT2D eigenvalue weighted by Crippen LogP contribution is 2.04. The maximum atomic E-state index is 5.19. The minimum absolute atomic E-state index is 0.889. The predicted molar refractivity (Wildman–Crippen MR) is 103 cm³/mol. The first-order valence-electron chi connectivity index (χ1n) is 9.91. The summed E-state index contributed by atoms with van der Waals surface area (Å²) in [5, 5.41) is 3.16. The quantitative estimate of drug-likeness (QED) is 0.751. The third-order valence-corrected chi connectivity index (χ3v) is 3.43. The maximum absolute atomic E-state index is 5.19. The van der Waals surface area contributed by atoms with Crippen LogP contribution >= 0.6 is 0 Å². The van der Waals surface area contributed by atoms with Crippen LogP contribution in [-0.4, -0.2) is 52.7 Å². The van der Waals surface area contributed by atoms with Crippen LogP contribution in [-0.2, 0) is 14.2 Å². The van der Waals surface area contributed by atoms with Gasteiger partial charge in [-0.2, -0.15) is 0 Å². The molecule has 0 atom stereocenters. The van der Waals surface area contributed by atoms with Crippen molar-refractivity contribution < 1.29 is 18.6 Å². The van der Waals surface area contributed by atoms with E-state index in [9.17, 15) is 0 Å². The summed E-state index contributed by atoms with van der Waals surface area (Å²) in [5.41, 5.74) is 0. The van der Waals surface area contributed by atoms with Crippen molar-refractivity contribution in [2.24, 2.45) is 0 Å². The maximum Gasteiger partial charge on any atom is 0.0902 e. The summed E-state index contributed by atoms with van der Waals surface area (Å²) >= 11 is 0. The Morgan fingerprint density at radius 2 is 0.960 bits per heavy atom. The van der Waals surface area contributed by atoms with Crippen LogP contribution < -0.4 is 5.32 Å². The van der Waals surface area contributed by atoms with Gasteiger partial charge in [-0.15, -0.1) is 0 Å². The van der Waals surface area contributed by atoms with Gasteiger partial charge in [0.25, 0.3) is 0 Å². The van der Waals surface area contributed by atoms with E-state index in [2.05, 4.69) is 9.73 Å². The molecule has 1 N–H and O–H groups in total. The smallest absolute Gasteiger partial charge is 0.0902 e. The van der Waals surface area contributed by atoms with Gasteiger partial charge in [-0.25, -0.2) is 0 Å². The lowest BCUT2D eigenvalue weighted by Gasteiger charge is -2.10. The third kappa shape index (κ3) is 21.1. The summed E-state index contributed by atoms with van der Waals surface area (Å²) in [4.78, 5) is 0. The molecule has 3 saturated heterocycles. The molecule has 0 bridgehead atoms. The van der Waals surface area contributed by atoms with Crippen LogP contribution in [0.4, 0.5) is 0 Å². The van der Waals surface area contributed by atoms with Gasteiger partial charge in [0.15, 0.2) is 0 Å². The summed E-state index contributed by atoms with van der Waals surface area (Å²) in [6, 6.07) is 3.67. The second-order valence-electron chi connectivity index (χ2n) is 5.50. The second kappa shape index (κ2) is 23.1. The third-order valence-electron chi connectivity index (χ3n) is 3.43. The molecule has 0 amide bonds. The molecule has 4 heterocycles. The number of morpholine rings is 1. The first-order chi connectivity index (χ1) is 12.5. The van der Waals surface area contributed by atoms with E-state index in [1.54, 1.807) is 12.5 Å². The zero-order valence-electron chi connectivity index (χ0n) is 16.3. The van der Waals surface area contributed by atoms with Crippen molar-refractivity contribution in [2.75, 3.05) is 52.7 Å². The van der Waals surface area contributed by atoms with Gasteiger partial charge in [0.2, 0.25) is 0 Å². The highest BCUT2D eigenvalue weighted by Gasteiger charge is 1.95. The Kier molecular flexibility index (Phi) is 22.3. The van der Waals surface area contributed by atoms with E-state index in [1.807, 2.05) is 26.0 Å². The van der Waals surface area contributed by atoms with E-state index in [-0.39, 0.29) is 0 Å². The van der Waals surface area contributed by atoms with Crippen LogP contribution in [0.1, 0.15) is 52.4 Å². The van der Waals surface area contributed by atoms with Gasteiger partial charge >= 0.3 is 0 Å². The summed E-state index contributed by atoms with van der Waals surface area (Å²) in [7, 11) is 0.